The Morgan fingerprint density at radius 2 is 1.75 bits per heavy atom. The molecule has 5 rings (SSSR count). The van der Waals surface area contributed by atoms with E-state index in [0.717, 1.165) is 34.0 Å². The van der Waals surface area contributed by atoms with Crippen LogP contribution in [0, 0.1) is 0 Å². The molecule has 7 heteroatoms. The molecule has 0 amide bonds. The molecule has 2 aliphatic rings. The van der Waals surface area contributed by atoms with Crippen molar-refractivity contribution in [1.82, 2.24) is 10.4 Å². The molecule has 142 valence electrons. The van der Waals surface area contributed by atoms with Crippen molar-refractivity contribution < 1.29 is 17.9 Å². The minimum atomic E-state index is -4.36. The van der Waals surface area contributed by atoms with Gasteiger partial charge in [0.1, 0.15) is 5.75 Å². The first kappa shape index (κ1) is 17.3. The minimum Gasteiger partial charge on any atom is -0.469 e. The van der Waals surface area contributed by atoms with Crippen LogP contribution in [0.4, 0.5) is 13.2 Å². The molecule has 0 fully saturated rings. The highest BCUT2D eigenvalue weighted by atomic mass is 32.1. The zero-order valence-electron chi connectivity index (χ0n) is 14.5. The van der Waals surface area contributed by atoms with Gasteiger partial charge in [0.05, 0.1) is 22.2 Å². The van der Waals surface area contributed by atoms with Crippen molar-refractivity contribution in [2.24, 2.45) is 0 Å². The van der Waals surface area contributed by atoms with Gasteiger partial charge in [-0.15, -0.1) is 11.3 Å². The monoisotopic (exact) mass is 400 g/mol. The summed E-state index contributed by atoms with van der Waals surface area (Å²) in [4.78, 5) is 1.10. The van der Waals surface area contributed by atoms with Gasteiger partial charge in [-0.2, -0.15) is 18.2 Å². The Morgan fingerprint density at radius 3 is 2.46 bits per heavy atom. The SMILES string of the molecule is FC(F)(F)c1ccc([C@H]2Oc3ccccc3[C@H]3C=C(c4cccs4)NN32)cc1. The number of hydrazine groups is 1. The molecule has 0 saturated heterocycles. The normalized spacial score (nSPS) is 21.3. The topological polar surface area (TPSA) is 24.5 Å². The summed E-state index contributed by atoms with van der Waals surface area (Å²) in [7, 11) is 0. The number of hydrogen-bond donors (Lipinski definition) is 1. The number of rotatable bonds is 2. The second kappa shape index (κ2) is 6.39. The molecule has 28 heavy (non-hydrogen) atoms. The lowest BCUT2D eigenvalue weighted by atomic mass is 10.0. The van der Waals surface area contributed by atoms with Crippen molar-refractivity contribution in [3.63, 3.8) is 0 Å². The quantitative estimate of drug-likeness (QED) is 0.592. The number of thiophene rings is 1. The van der Waals surface area contributed by atoms with Crippen LogP contribution in [0.25, 0.3) is 5.70 Å². The summed E-state index contributed by atoms with van der Waals surface area (Å²) in [6.45, 7) is 0. The highest BCUT2D eigenvalue weighted by molar-refractivity contribution is 7.11. The predicted molar refractivity (Wildman–Crippen MR) is 101 cm³/mol. The summed E-state index contributed by atoms with van der Waals surface area (Å²) >= 11 is 1.63. The van der Waals surface area contributed by atoms with E-state index in [2.05, 4.69) is 11.5 Å². The van der Waals surface area contributed by atoms with Gasteiger partial charge >= 0.3 is 6.18 Å². The maximum Gasteiger partial charge on any atom is 0.416 e. The zero-order chi connectivity index (χ0) is 19.3. The summed E-state index contributed by atoms with van der Waals surface area (Å²) in [5.74, 6) is 0.735. The van der Waals surface area contributed by atoms with Crippen LogP contribution < -0.4 is 10.2 Å². The predicted octanol–water partition coefficient (Wildman–Crippen LogP) is 5.76. The van der Waals surface area contributed by atoms with Gasteiger partial charge in [-0.05, 0) is 35.7 Å². The lowest BCUT2D eigenvalue weighted by Gasteiger charge is -2.38. The van der Waals surface area contributed by atoms with E-state index >= 15 is 0 Å². The van der Waals surface area contributed by atoms with Gasteiger partial charge < -0.3 is 10.2 Å². The van der Waals surface area contributed by atoms with Gasteiger partial charge in [-0.3, -0.25) is 0 Å². The van der Waals surface area contributed by atoms with Crippen LogP contribution in [0.3, 0.4) is 0 Å². The fourth-order valence-electron chi connectivity index (χ4n) is 3.57. The summed E-state index contributed by atoms with van der Waals surface area (Å²) in [6, 6.07) is 16.8. The average molecular weight is 400 g/mol. The Balaban J connectivity index is 1.54. The van der Waals surface area contributed by atoms with Crippen molar-refractivity contribution in [1.29, 1.82) is 0 Å². The highest BCUT2D eigenvalue weighted by Crippen LogP contribution is 2.46. The van der Waals surface area contributed by atoms with E-state index in [9.17, 15) is 13.2 Å². The highest BCUT2D eigenvalue weighted by Gasteiger charge is 2.40. The standard InChI is InChI=1S/C21H15F3N2OS/c22-21(23,24)14-9-7-13(8-10-14)20-26-17(15-4-1-2-5-18(15)27-20)12-16(25-26)19-6-3-11-28-19/h1-12,17,20,25H/t17-,20-/m1/s1. The molecule has 2 aliphatic heterocycles. The first-order chi connectivity index (χ1) is 13.5. The zero-order valence-corrected chi connectivity index (χ0v) is 15.3. The number of hydrogen-bond acceptors (Lipinski definition) is 4. The molecular weight excluding hydrogens is 385 g/mol. The van der Waals surface area contributed by atoms with Crippen LogP contribution in [0.1, 0.15) is 33.8 Å². The van der Waals surface area contributed by atoms with E-state index < -0.39 is 18.0 Å². The lowest BCUT2D eigenvalue weighted by Crippen LogP contribution is -2.43. The smallest absolute Gasteiger partial charge is 0.416 e. The number of alkyl halides is 3. The molecule has 3 heterocycles. The Bertz CT molecular complexity index is 1030. The van der Waals surface area contributed by atoms with Crippen molar-refractivity contribution in [2.75, 3.05) is 0 Å². The first-order valence-corrected chi connectivity index (χ1v) is 9.62. The van der Waals surface area contributed by atoms with Gasteiger partial charge in [0, 0.05) is 11.1 Å². The Kier molecular flexibility index (Phi) is 3.96. The summed E-state index contributed by atoms with van der Waals surface area (Å²) < 4.78 is 44.9. The van der Waals surface area contributed by atoms with E-state index in [4.69, 9.17) is 4.74 Å². The molecule has 1 N–H and O–H groups in total. The second-order valence-corrected chi connectivity index (χ2v) is 7.60. The fraction of sp³-hybridized carbons (Fsp3) is 0.143. The third-order valence-electron chi connectivity index (χ3n) is 4.91. The molecule has 2 atom stereocenters. The van der Waals surface area contributed by atoms with Crippen LogP contribution in [0.2, 0.25) is 0 Å². The average Bonchev–Trinajstić information content (AvgIpc) is 3.36. The maximum atomic E-state index is 12.9. The van der Waals surface area contributed by atoms with E-state index in [1.54, 1.807) is 11.3 Å². The third kappa shape index (κ3) is 2.87. The number of benzene rings is 2. The minimum absolute atomic E-state index is 0.0747. The number of fused-ring (bicyclic) bond motifs is 3. The second-order valence-electron chi connectivity index (χ2n) is 6.65. The van der Waals surface area contributed by atoms with Gasteiger partial charge in [0.25, 0.3) is 0 Å². The molecule has 0 spiro atoms. The largest absolute Gasteiger partial charge is 0.469 e. The van der Waals surface area contributed by atoms with E-state index in [-0.39, 0.29) is 6.04 Å². The van der Waals surface area contributed by atoms with E-state index in [1.807, 2.05) is 46.8 Å². The van der Waals surface area contributed by atoms with Gasteiger partial charge in [0.2, 0.25) is 0 Å². The van der Waals surface area contributed by atoms with Crippen molar-refractivity contribution in [3.8, 4) is 5.75 Å². The summed E-state index contributed by atoms with van der Waals surface area (Å²) in [6.07, 6.45) is -2.78. The molecule has 2 aromatic carbocycles. The lowest BCUT2D eigenvalue weighted by molar-refractivity contribution is -0.137. The Hall–Kier alpha value is -2.77. The van der Waals surface area contributed by atoms with Gasteiger partial charge in [0.15, 0.2) is 6.23 Å². The Morgan fingerprint density at radius 1 is 0.964 bits per heavy atom. The molecule has 0 aliphatic carbocycles. The van der Waals surface area contributed by atoms with Crippen molar-refractivity contribution >= 4 is 17.0 Å². The van der Waals surface area contributed by atoms with Crippen LogP contribution in [-0.4, -0.2) is 5.01 Å². The van der Waals surface area contributed by atoms with Gasteiger partial charge in [-0.25, -0.2) is 0 Å². The number of ether oxygens (including phenoxy) is 1. The maximum absolute atomic E-state index is 12.9. The molecule has 1 aromatic heterocycles. The molecular formula is C21H15F3N2OS. The van der Waals surface area contributed by atoms with E-state index in [1.165, 1.54) is 12.1 Å². The van der Waals surface area contributed by atoms with Crippen LogP contribution >= 0.6 is 11.3 Å². The van der Waals surface area contributed by atoms with Crippen LogP contribution in [0.15, 0.2) is 72.1 Å². The number of halogens is 3. The van der Waals surface area contributed by atoms with Crippen molar-refractivity contribution in [2.45, 2.75) is 18.4 Å². The molecule has 0 radical (unpaired) electrons. The molecule has 0 unspecified atom stereocenters. The van der Waals surface area contributed by atoms with Crippen molar-refractivity contribution in [3.05, 3.63) is 93.7 Å². The fourth-order valence-corrected chi connectivity index (χ4v) is 4.27. The van der Waals surface area contributed by atoms with Gasteiger partial charge in [-0.1, -0.05) is 36.4 Å². The first-order valence-electron chi connectivity index (χ1n) is 8.74. The number of para-hydroxylation sites is 1. The summed E-state index contributed by atoms with van der Waals surface area (Å²) in [5, 5.41) is 3.95. The van der Waals surface area contributed by atoms with Crippen LogP contribution in [-0.2, 0) is 6.18 Å². The number of nitrogens with zero attached hydrogens (tertiary/aromatic N) is 1. The molecule has 0 bridgehead atoms. The molecule has 0 saturated carbocycles. The third-order valence-corrected chi connectivity index (χ3v) is 5.82. The Labute approximate surface area is 163 Å². The number of nitrogens with one attached hydrogen (secondary N) is 1. The molecule has 3 aromatic rings. The molecule has 3 nitrogen and oxygen atoms in total. The summed E-state index contributed by atoms with van der Waals surface area (Å²) in [5.41, 5.74) is 5.36. The van der Waals surface area contributed by atoms with E-state index in [0.29, 0.717) is 5.56 Å². The van der Waals surface area contributed by atoms with Crippen LogP contribution in [0.5, 0.6) is 5.75 Å².